The molecule has 166 valence electrons. The Morgan fingerprint density at radius 3 is 2.23 bits per heavy atom. The van der Waals surface area contributed by atoms with Crippen molar-refractivity contribution in [1.82, 2.24) is 5.32 Å². The van der Waals surface area contributed by atoms with Gasteiger partial charge >= 0.3 is 0 Å². The van der Waals surface area contributed by atoms with E-state index in [-0.39, 0.29) is 40.3 Å². The minimum absolute atomic E-state index is 0.0139. The molecule has 0 fully saturated rings. The van der Waals surface area contributed by atoms with Crippen LogP contribution in [0.15, 0.2) is 47.4 Å². The lowest BCUT2D eigenvalue weighted by molar-refractivity contribution is -0.387. The van der Waals surface area contributed by atoms with Crippen molar-refractivity contribution in [1.29, 1.82) is 0 Å². The summed E-state index contributed by atoms with van der Waals surface area (Å²) < 4.78 is 0. The third-order valence-electron chi connectivity index (χ3n) is 4.92. The number of hydrogen-bond acceptors (Lipinski definition) is 5. The van der Waals surface area contributed by atoms with E-state index in [0.29, 0.717) is 4.90 Å². The van der Waals surface area contributed by atoms with Gasteiger partial charge in [0.15, 0.2) is 0 Å². The molecule has 0 aromatic heterocycles. The average molecular weight is 444 g/mol. The Kier molecular flexibility index (Phi) is 7.84. The van der Waals surface area contributed by atoms with Crippen LogP contribution < -0.4 is 11.1 Å². The quantitative estimate of drug-likeness (QED) is 0.351. The van der Waals surface area contributed by atoms with Crippen LogP contribution in [0.2, 0.25) is 0 Å². The van der Waals surface area contributed by atoms with E-state index < -0.39 is 10.8 Å². The molecule has 2 rings (SSSR count). The third-order valence-corrected chi connectivity index (χ3v) is 5.98. The summed E-state index contributed by atoms with van der Waals surface area (Å²) in [4.78, 5) is 34.9. The molecule has 2 aromatic rings. The maximum atomic E-state index is 12.6. The normalized spacial score (nSPS) is 12.5. The Bertz CT molecular complexity index is 966. The van der Waals surface area contributed by atoms with Gasteiger partial charge in [0.25, 0.3) is 5.69 Å². The second kappa shape index (κ2) is 9.96. The summed E-state index contributed by atoms with van der Waals surface area (Å²) in [5.41, 5.74) is 7.28. The van der Waals surface area contributed by atoms with Crippen molar-refractivity contribution in [2.45, 2.75) is 51.0 Å². The zero-order chi connectivity index (χ0) is 23.3. The number of nitro benzene ring substituents is 1. The minimum Gasteiger partial charge on any atom is -0.366 e. The van der Waals surface area contributed by atoms with Crippen LogP contribution in [0.4, 0.5) is 5.69 Å². The SMILES string of the molecule is CC(C)C(NC(=O)CSc1ccc(C(N)=O)cc1[N+](=O)[O-])c1ccc(C(C)(C)C)cc1. The first-order valence-electron chi connectivity index (χ1n) is 10.0. The molecule has 0 bridgehead atoms. The van der Waals surface area contributed by atoms with Crippen molar-refractivity contribution in [3.63, 3.8) is 0 Å². The van der Waals surface area contributed by atoms with Crippen molar-refractivity contribution in [3.8, 4) is 0 Å². The third kappa shape index (κ3) is 6.55. The van der Waals surface area contributed by atoms with Crippen molar-refractivity contribution >= 4 is 29.3 Å². The van der Waals surface area contributed by atoms with Gasteiger partial charge in [-0.05, 0) is 34.6 Å². The molecule has 1 atom stereocenters. The molecule has 0 aliphatic heterocycles. The molecule has 2 aromatic carbocycles. The highest BCUT2D eigenvalue weighted by molar-refractivity contribution is 8.00. The van der Waals surface area contributed by atoms with Gasteiger partial charge in [0.1, 0.15) is 0 Å². The van der Waals surface area contributed by atoms with Crippen molar-refractivity contribution in [2.75, 3.05) is 5.75 Å². The Hall–Kier alpha value is -2.87. The largest absolute Gasteiger partial charge is 0.366 e. The summed E-state index contributed by atoms with van der Waals surface area (Å²) in [6, 6.07) is 12.1. The number of carbonyl (C=O) groups excluding carboxylic acids is 2. The van der Waals surface area contributed by atoms with E-state index in [1.54, 1.807) is 0 Å². The van der Waals surface area contributed by atoms with Gasteiger partial charge in [0, 0.05) is 11.6 Å². The van der Waals surface area contributed by atoms with Gasteiger partial charge in [-0.3, -0.25) is 19.7 Å². The number of nitro groups is 1. The lowest BCUT2D eigenvalue weighted by atomic mass is 9.85. The second-order valence-corrected chi connectivity index (χ2v) is 9.77. The van der Waals surface area contributed by atoms with E-state index in [2.05, 4.69) is 38.2 Å². The fourth-order valence-electron chi connectivity index (χ4n) is 3.12. The van der Waals surface area contributed by atoms with E-state index in [0.717, 1.165) is 23.4 Å². The molecule has 0 aliphatic rings. The van der Waals surface area contributed by atoms with Crippen molar-refractivity contribution in [2.24, 2.45) is 11.7 Å². The topological polar surface area (TPSA) is 115 Å². The first-order valence-corrected chi connectivity index (χ1v) is 11.0. The highest BCUT2D eigenvalue weighted by atomic mass is 32.2. The molecule has 0 spiro atoms. The Balaban J connectivity index is 2.11. The molecule has 0 heterocycles. The first kappa shape index (κ1) is 24.4. The number of nitrogens with two attached hydrogens (primary N) is 1. The number of carbonyl (C=O) groups is 2. The van der Waals surface area contributed by atoms with Crippen molar-refractivity contribution < 1.29 is 14.5 Å². The number of amides is 2. The van der Waals surface area contributed by atoms with Gasteiger partial charge in [-0.1, -0.05) is 58.9 Å². The molecular weight excluding hydrogens is 414 g/mol. The first-order chi connectivity index (χ1) is 14.4. The number of thioether (sulfide) groups is 1. The van der Waals surface area contributed by atoms with Crippen LogP contribution in [0, 0.1) is 16.0 Å². The molecular formula is C23H29N3O4S. The van der Waals surface area contributed by atoms with Crippen LogP contribution >= 0.6 is 11.8 Å². The van der Waals surface area contributed by atoms with E-state index in [9.17, 15) is 19.7 Å². The van der Waals surface area contributed by atoms with Crippen LogP contribution in [0.3, 0.4) is 0 Å². The minimum atomic E-state index is -0.741. The standard InChI is InChI=1S/C23H29N3O4S/c1-14(2)21(15-6-9-17(10-7-15)23(3,4)5)25-20(27)13-31-19-11-8-16(22(24)28)12-18(19)26(29)30/h6-12,14,21H,13H2,1-5H3,(H2,24,28)(H,25,27). The summed E-state index contributed by atoms with van der Waals surface area (Å²) in [5.74, 6) is -0.787. The fourth-order valence-corrected chi connectivity index (χ4v) is 3.93. The summed E-state index contributed by atoms with van der Waals surface area (Å²) in [6.07, 6.45) is 0. The van der Waals surface area contributed by atoms with Crippen LogP contribution in [0.5, 0.6) is 0 Å². The highest BCUT2D eigenvalue weighted by Crippen LogP contribution is 2.31. The molecule has 0 saturated carbocycles. The zero-order valence-electron chi connectivity index (χ0n) is 18.5. The van der Waals surface area contributed by atoms with Gasteiger partial charge in [-0.25, -0.2) is 0 Å². The summed E-state index contributed by atoms with van der Waals surface area (Å²) >= 11 is 1.05. The highest BCUT2D eigenvalue weighted by Gasteiger charge is 2.22. The number of benzene rings is 2. The lowest BCUT2D eigenvalue weighted by Gasteiger charge is -2.25. The smallest absolute Gasteiger partial charge is 0.283 e. The van der Waals surface area contributed by atoms with E-state index in [1.165, 1.54) is 17.7 Å². The number of nitrogens with one attached hydrogen (secondary N) is 1. The fraction of sp³-hybridized carbons (Fsp3) is 0.391. The molecule has 0 aliphatic carbocycles. The number of rotatable bonds is 8. The number of nitrogens with zero attached hydrogens (tertiary/aromatic N) is 1. The van der Waals surface area contributed by atoms with Gasteiger partial charge in [-0.2, -0.15) is 0 Å². The van der Waals surface area contributed by atoms with Crippen LogP contribution in [0.1, 0.15) is 62.1 Å². The number of hydrogen-bond donors (Lipinski definition) is 2. The lowest BCUT2D eigenvalue weighted by Crippen LogP contribution is -2.33. The van der Waals surface area contributed by atoms with Crippen molar-refractivity contribution in [3.05, 3.63) is 69.3 Å². The maximum Gasteiger partial charge on any atom is 0.283 e. The van der Waals surface area contributed by atoms with Crippen LogP contribution in [-0.2, 0) is 10.2 Å². The molecule has 0 radical (unpaired) electrons. The molecule has 1 unspecified atom stereocenters. The molecule has 3 N–H and O–H groups in total. The van der Waals surface area contributed by atoms with E-state index >= 15 is 0 Å². The summed E-state index contributed by atoms with van der Waals surface area (Å²) in [6.45, 7) is 10.5. The molecule has 31 heavy (non-hydrogen) atoms. The van der Waals surface area contributed by atoms with Gasteiger partial charge in [-0.15, -0.1) is 11.8 Å². The number of primary amides is 1. The summed E-state index contributed by atoms with van der Waals surface area (Å²) in [5, 5.41) is 14.4. The van der Waals surface area contributed by atoms with Crippen LogP contribution in [-0.4, -0.2) is 22.5 Å². The predicted octanol–water partition coefficient (Wildman–Crippen LogP) is 4.60. The molecule has 7 nitrogen and oxygen atoms in total. The van der Waals surface area contributed by atoms with Gasteiger partial charge in [0.2, 0.25) is 11.8 Å². The van der Waals surface area contributed by atoms with Crippen LogP contribution in [0.25, 0.3) is 0 Å². The monoisotopic (exact) mass is 443 g/mol. The Morgan fingerprint density at radius 2 is 1.74 bits per heavy atom. The average Bonchev–Trinajstić information content (AvgIpc) is 2.69. The van der Waals surface area contributed by atoms with Gasteiger partial charge < -0.3 is 11.1 Å². The second-order valence-electron chi connectivity index (χ2n) is 8.75. The van der Waals surface area contributed by atoms with E-state index in [4.69, 9.17) is 5.73 Å². The maximum absolute atomic E-state index is 12.6. The molecule has 8 heteroatoms. The van der Waals surface area contributed by atoms with E-state index in [1.807, 2.05) is 26.0 Å². The molecule has 2 amide bonds. The predicted molar refractivity (Wildman–Crippen MR) is 123 cm³/mol. The van der Waals surface area contributed by atoms with Gasteiger partial charge in [0.05, 0.1) is 21.6 Å². The zero-order valence-corrected chi connectivity index (χ0v) is 19.3. The molecule has 0 saturated heterocycles. The Labute approximate surface area is 186 Å². The summed E-state index contributed by atoms with van der Waals surface area (Å²) in [7, 11) is 0. The Morgan fingerprint density at radius 1 is 1.13 bits per heavy atom.